The molecular formula is C13H16N2O3. The number of aliphatic hydroxyl groups is 3. The number of benzene rings is 1. The summed E-state index contributed by atoms with van der Waals surface area (Å²) < 4.78 is 0. The summed E-state index contributed by atoms with van der Waals surface area (Å²) in [6.45, 7) is 0.266. The first-order valence-corrected chi connectivity index (χ1v) is 6.02. The van der Waals surface area contributed by atoms with E-state index in [0.29, 0.717) is 0 Å². The van der Waals surface area contributed by atoms with Crippen LogP contribution in [0.25, 0.3) is 10.9 Å². The summed E-state index contributed by atoms with van der Waals surface area (Å²) in [5.74, 6) is 0. The minimum atomic E-state index is -1.12. The zero-order chi connectivity index (χ0) is 12.7. The van der Waals surface area contributed by atoms with Gasteiger partial charge in [0.1, 0.15) is 12.2 Å². The molecule has 1 aliphatic rings. The lowest BCUT2D eigenvalue weighted by Crippen LogP contribution is -2.55. The van der Waals surface area contributed by atoms with Crippen LogP contribution in [0.5, 0.6) is 0 Å². The average molecular weight is 248 g/mol. The Hall–Kier alpha value is -1.40. The molecule has 2 aromatic rings. The Bertz CT molecular complexity index is 554. The monoisotopic (exact) mass is 248 g/mol. The Morgan fingerprint density at radius 2 is 1.83 bits per heavy atom. The van der Waals surface area contributed by atoms with Gasteiger partial charge in [0.25, 0.3) is 0 Å². The molecule has 1 aromatic heterocycles. The van der Waals surface area contributed by atoms with E-state index in [9.17, 15) is 15.3 Å². The number of aromatic nitrogens is 1. The van der Waals surface area contributed by atoms with Crippen LogP contribution in [-0.4, -0.2) is 45.2 Å². The third-order valence-corrected chi connectivity index (χ3v) is 3.59. The zero-order valence-corrected chi connectivity index (χ0v) is 9.74. The van der Waals surface area contributed by atoms with Crippen LogP contribution in [0.4, 0.5) is 0 Å². The number of fused-ring (bicyclic) bond motifs is 1. The molecule has 0 saturated carbocycles. The molecule has 1 aromatic carbocycles. The van der Waals surface area contributed by atoms with E-state index in [4.69, 9.17) is 0 Å². The molecule has 0 bridgehead atoms. The van der Waals surface area contributed by atoms with Gasteiger partial charge in [-0.15, -0.1) is 0 Å². The Morgan fingerprint density at radius 1 is 1.06 bits per heavy atom. The summed E-state index contributed by atoms with van der Waals surface area (Å²) in [5, 5.41) is 33.4. The molecule has 1 saturated heterocycles. The average Bonchev–Trinajstić information content (AvgIpc) is 2.80. The number of aromatic amines is 1. The van der Waals surface area contributed by atoms with Crippen molar-refractivity contribution in [1.29, 1.82) is 0 Å². The lowest BCUT2D eigenvalue weighted by molar-refractivity contribution is -0.0946. The van der Waals surface area contributed by atoms with Crippen molar-refractivity contribution in [2.75, 3.05) is 6.54 Å². The van der Waals surface area contributed by atoms with Crippen molar-refractivity contribution in [2.24, 2.45) is 0 Å². The van der Waals surface area contributed by atoms with E-state index < -0.39 is 18.3 Å². The second-order valence-corrected chi connectivity index (χ2v) is 4.72. The highest BCUT2D eigenvalue weighted by atomic mass is 16.4. The van der Waals surface area contributed by atoms with Gasteiger partial charge in [-0.2, -0.15) is 0 Å². The number of piperidine rings is 1. The number of rotatable bonds is 1. The zero-order valence-electron chi connectivity index (χ0n) is 9.74. The Labute approximate surface area is 104 Å². The van der Waals surface area contributed by atoms with Crippen molar-refractivity contribution in [2.45, 2.75) is 24.4 Å². The fourth-order valence-corrected chi connectivity index (χ4v) is 2.56. The second-order valence-electron chi connectivity index (χ2n) is 4.72. The van der Waals surface area contributed by atoms with Crippen molar-refractivity contribution >= 4 is 10.9 Å². The van der Waals surface area contributed by atoms with Gasteiger partial charge in [-0.25, -0.2) is 0 Å². The topological polar surface area (TPSA) is 88.5 Å². The highest BCUT2D eigenvalue weighted by molar-refractivity contribution is 5.83. The van der Waals surface area contributed by atoms with Gasteiger partial charge < -0.3 is 25.6 Å². The molecule has 1 aliphatic heterocycles. The van der Waals surface area contributed by atoms with Crippen LogP contribution in [0.1, 0.15) is 11.6 Å². The standard InChI is InChI=1S/C13H16N2O3/c16-10-6-15-11(13(18)12(10)17)8-5-14-9-4-2-1-3-7(8)9/h1-5,10-18H,6H2/t10-,11+,12+,13+/m1/s1. The van der Waals surface area contributed by atoms with Crippen LogP contribution in [0.15, 0.2) is 30.5 Å². The predicted molar refractivity (Wildman–Crippen MR) is 67.1 cm³/mol. The Morgan fingerprint density at radius 3 is 2.67 bits per heavy atom. The first-order valence-electron chi connectivity index (χ1n) is 6.02. The summed E-state index contributed by atoms with van der Waals surface area (Å²) in [6.07, 6.45) is -1.24. The predicted octanol–water partition coefficient (Wildman–Crippen LogP) is -0.105. The fraction of sp³-hybridized carbons (Fsp3) is 0.385. The number of hydrogen-bond donors (Lipinski definition) is 5. The number of H-pyrrole nitrogens is 1. The van der Waals surface area contributed by atoms with E-state index in [1.807, 2.05) is 30.5 Å². The number of β-amino-alcohol motifs (C(OH)–C–C–N with tert-alkyl or cyclic N) is 1. The molecule has 5 nitrogen and oxygen atoms in total. The molecule has 5 N–H and O–H groups in total. The minimum Gasteiger partial charge on any atom is -0.389 e. The molecule has 0 unspecified atom stereocenters. The van der Waals surface area contributed by atoms with Crippen molar-refractivity contribution in [1.82, 2.24) is 10.3 Å². The molecule has 2 heterocycles. The van der Waals surface area contributed by atoms with Gasteiger partial charge in [0.05, 0.1) is 12.1 Å². The van der Waals surface area contributed by atoms with Gasteiger partial charge in [-0.3, -0.25) is 0 Å². The maximum atomic E-state index is 10.1. The van der Waals surface area contributed by atoms with Gasteiger partial charge in [0.2, 0.25) is 0 Å². The van der Waals surface area contributed by atoms with Gasteiger partial charge in [0, 0.05) is 23.6 Å². The number of hydrogen-bond acceptors (Lipinski definition) is 4. The number of para-hydroxylation sites is 1. The minimum absolute atomic E-state index is 0.266. The van der Waals surface area contributed by atoms with E-state index in [1.54, 1.807) is 0 Å². The molecule has 0 aliphatic carbocycles. The van der Waals surface area contributed by atoms with Crippen molar-refractivity contribution < 1.29 is 15.3 Å². The molecule has 4 atom stereocenters. The molecule has 0 spiro atoms. The second kappa shape index (κ2) is 4.37. The third kappa shape index (κ3) is 1.72. The van der Waals surface area contributed by atoms with E-state index in [1.165, 1.54) is 0 Å². The summed E-state index contributed by atoms with van der Waals surface area (Å²) in [4.78, 5) is 3.14. The van der Waals surface area contributed by atoms with Crippen LogP contribution in [0, 0.1) is 0 Å². The summed E-state index contributed by atoms with van der Waals surface area (Å²) in [5.41, 5.74) is 1.89. The SMILES string of the molecule is O[C@@H]1[C@@H](O)[C@H](c2c[nH]c3ccccc23)NC[C@H]1O. The van der Waals surface area contributed by atoms with Crippen LogP contribution < -0.4 is 5.32 Å². The van der Waals surface area contributed by atoms with Crippen LogP contribution >= 0.6 is 0 Å². The maximum absolute atomic E-state index is 10.1. The third-order valence-electron chi connectivity index (χ3n) is 3.59. The molecule has 18 heavy (non-hydrogen) atoms. The smallest absolute Gasteiger partial charge is 0.109 e. The van der Waals surface area contributed by atoms with Crippen LogP contribution in [-0.2, 0) is 0 Å². The first-order chi connectivity index (χ1) is 8.68. The van der Waals surface area contributed by atoms with Gasteiger partial charge in [0.15, 0.2) is 0 Å². The molecule has 0 amide bonds. The molecule has 5 heteroatoms. The van der Waals surface area contributed by atoms with E-state index in [2.05, 4.69) is 10.3 Å². The summed E-state index contributed by atoms with van der Waals surface area (Å²) in [7, 11) is 0. The largest absolute Gasteiger partial charge is 0.389 e. The van der Waals surface area contributed by atoms with Crippen LogP contribution in [0.2, 0.25) is 0 Å². The highest BCUT2D eigenvalue weighted by Gasteiger charge is 2.37. The van der Waals surface area contributed by atoms with E-state index >= 15 is 0 Å². The Balaban J connectivity index is 1.99. The van der Waals surface area contributed by atoms with Crippen LogP contribution in [0.3, 0.4) is 0 Å². The fourth-order valence-electron chi connectivity index (χ4n) is 2.56. The van der Waals surface area contributed by atoms with Crippen molar-refractivity contribution in [3.63, 3.8) is 0 Å². The summed E-state index contributed by atoms with van der Waals surface area (Å²) >= 11 is 0. The summed E-state index contributed by atoms with van der Waals surface area (Å²) in [6, 6.07) is 7.41. The lowest BCUT2D eigenvalue weighted by atomic mass is 9.91. The van der Waals surface area contributed by atoms with Gasteiger partial charge in [-0.1, -0.05) is 18.2 Å². The molecule has 96 valence electrons. The highest BCUT2D eigenvalue weighted by Crippen LogP contribution is 2.29. The normalized spacial score (nSPS) is 32.8. The number of aliphatic hydroxyl groups excluding tert-OH is 3. The quantitative estimate of drug-likeness (QED) is 0.487. The van der Waals surface area contributed by atoms with Crippen molar-refractivity contribution in [3.05, 3.63) is 36.0 Å². The van der Waals surface area contributed by atoms with E-state index in [-0.39, 0.29) is 12.6 Å². The van der Waals surface area contributed by atoms with Gasteiger partial charge in [-0.05, 0) is 11.6 Å². The molecule has 3 rings (SSSR count). The van der Waals surface area contributed by atoms with E-state index in [0.717, 1.165) is 16.5 Å². The van der Waals surface area contributed by atoms with Crippen molar-refractivity contribution in [3.8, 4) is 0 Å². The molecular weight excluding hydrogens is 232 g/mol. The molecule has 0 radical (unpaired) electrons. The van der Waals surface area contributed by atoms with Gasteiger partial charge >= 0.3 is 0 Å². The maximum Gasteiger partial charge on any atom is 0.109 e. The Kier molecular flexibility index (Phi) is 2.83. The number of nitrogens with one attached hydrogen (secondary N) is 2. The lowest BCUT2D eigenvalue weighted by Gasteiger charge is -2.36. The first kappa shape index (κ1) is 11.7. The molecule has 1 fully saturated rings.